The maximum absolute atomic E-state index is 3.57. The first-order valence-electron chi connectivity index (χ1n) is 6.33. The predicted molar refractivity (Wildman–Crippen MR) is 87.0 cm³/mol. The van der Waals surface area contributed by atoms with Gasteiger partial charge in [0.25, 0.3) is 0 Å². The quantitative estimate of drug-likeness (QED) is 0.896. The average molecular weight is 319 g/mol. The number of aryl methyl sites for hydroxylation is 1. The van der Waals surface area contributed by atoms with Gasteiger partial charge in [-0.3, -0.25) is 0 Å². The second kappa shape index (κ2) is 6.11. The lowest BCUT2D eigenvalue weighted by molar-refractivity contribution is 1.11. The molecule has 0 aliphatic rings. The summed E-state index contributed by atoms with van der Waals surface area (Å²) in [6.07, 6.45) is 0. The van der Waals surface area contributed by atoms with E-state index in [4.69, 9.17) is 0 Å². The van der Waals surface area contributed by atoms with E-state index in [1.54, 1.807) is 0 Å². The van der Waals surface area contributed by atoms with E-state index in [0.29, 0.717) is 0 Å². The van der Waals surface area contributed by atoms with Crippen molar-refractivity contribution in [2.75, 3.05) is 24.3 Å². The van der Waals surface area contributed by atoms with Gasteiger partial charge in [-0.1, -0.05) is 34.1 Å². The summed E-state index contributed by atoms with van der Waals surface area (Å²) in [5, 5.41) is 3.49. The van der Waals surface area contributed by atoms with Gasteiger partial charge in [0.2, 0.25) is 0 Å². The van der Waals surface area contributed by atoms with Crippen LogP contribution < -0.4 is 10.2 Å². The van der Waals surface area contributed by atoms with Gasteiger partial charge in [-0.25, -0.2) is 0 Å². The highest BCUT2D eigenvalue weighted by Gasteiger charge is 2.03. The lowest BCUT2D eigenvalue weighted by atomic mass is 10.1. The summed E-state index contributed by atoms with van der Waals surface area (Å²) in [7, 11) is 4.12. The lowest BCUT2D eigenvalue weighted by Gasteiger charge is -2.16. The molecule has 2 aromatic carbocycles. The summed E-state index contributed by atoms with van der Waals surface area (Å²) in [6.45, 7) is 2.96. The Kier molecular flexibility index (Phi) is 4.48. The smallest absolute Gasteiger partial charge is 0.0412 e. The molecule has 19 heavy (non-hydrogen) atoms. The van der Waals surface area contributed by atoms with Gasteiger partial charge in [-0.05, 0) is 42.3 Å². The average Bonchev–Trinajstić information content (AvgIpc) is 2.39. The number of benzene rings is 2. The van der Waals surface area contributed by atoms with Crippen LogP contribution in [0.2, 0.25) is 0 Å². The summed E-state index contributed by atoms with van der Waals surface area (Å²) < 4.78 is 1.14. The summed E-state index contributed by atoms with van der Waals surface area (Å²) in [6, 6.07) is 14.8. The van der Waals surface area contributed by atoms with Crippen molar-refractivity contribution in [3.63, 3.8) is 0 Å². The highest BCUT2D eigenvalue weighted by atomic mass is 79.9. The normalized spacial score (nSPS) is 10.3. The van der Waals surface area contributed by atoms with Crippen LogP contribution in [0.3, 0.4) is 0 Å². The maximum atomic E-state index is 3.57. The minimum absolute atomic E-state index is 0.823. The number of hydrogen-bond acceptors (Lipinski definition) is 2. The van der Waals surface area contributed by atoms with Crippen molar-refractivity contribution in [2.24, 2.45) is 0 Å². The van der Waals surface area contributed by atoms with Gasteiger partial charge in [-0.2, -0.15) is 0 Å². The molecule has 0 saturated heterocycles. The molecule has 2 nitrogen and oxygen atoms in total. The molecule has 0 heterocycles. The minimum atomic E-state index is 0.823. The summed E-state index contributed by atoms with van der Waals surface area (Å²) >= 11 is 3.57. The Morgan fingerprint density at radius 2 is 1.84 bits per heavy atom. The monoisotopic (exact) mass is 318 g/mol. The molecule has 0 atom stereocenters. The minimum Gasteiger partial charge on any atom is -0.381 e. The third kappa shape index (κ3) is 3.51. The number of anilines is 2. The summed E-state index contributed by atoms with van der Waals surface area (Å²) in [4.78, 5) is 2.12. The molecule has 1 N–H and O–H groups in total. The van der Waals surface area contributed by atoms with Crippen LogP contribution in [0.15, 0.2) is 46.9 Å². The van der Waals surface area contributed by atoms with Gasteiger partial charge in [0.05, 0.1) is 0 Å². The van der Waals surface area contributed by atoms with Gasteiger partial charge in [0, 0.05) is 36.5 Å². The highest BCUT2D eigenvalue weighted by Crippen LogP contribution is 2.23. The third-order valence-electron chi connectivity index (χ3n) is 3.15. The second-order valence-corrected chi connectivity index (χ2v) is 5.69. The fraction of sp³-hybridized carbons (Fsp3) is 0.250. The molecule has 0 unspecified atom stereocenters. The third-order valence-corrected chi connectivity index (χ3v) is 3.93. The summed E-state index contributed by atoms with van der Waals surface area (Å²) in [5.74, 6) is 0. The van der Waals surface area contributed by atoms with Crippen LogP contribution in [0.25, 0.3) is 0 Å². The number of nitrogens with zero attached hydrogens (tertiary/aromatic N) is 1. The first-order chi connectivity index (χ1) is 9.08. The molecule has 0 fully saturated rings. The van der Waals surface area contributed by atoms with Crippen molar-refractivity contribution in [1.82, 2.24) is 0 Å². The van der Waals surface area contributed by atoms with E-state index in [0.717, 1.165) is 11.0 Å². The van der Waals surface area contributed by atoms with Crippen molar-refractivity contribution < 1.29 is 0 Å². The van der Waals surface area contributed by atoms with Crippen LogP contribution in [0.4, 0.5) is 11.4 Å². The van der Waals surface area contributed by atoms with Crippen LogP contribution in [-0.4, -0.2) is 14.1 Å². The zero-order chi connectivity index (χ0) is 13.8. The Labute approximate surface area is 123 Å². The molecule has 3 heteroatoms. The molecular weight excluding hydrogens is 300 g/mol. The van der Waals surface area contributed by atoms with Crippen LogP contribution >= 0.6 is 15.9 Å². The number of halogens is 1. The van der Waals surface area contributed by atoms with Crippen LogP contribution in [0, 0.1) is 6.92 Å². The fourth-order valence-electron chi connectivity index (χ4n) is 1.96. The lowest BCUT2D eigenvalue weighted by Crippen LogP contribution is -2.09. The van der Waals surface area contributed by atoms with Crippen molar-refractivity contribution in [1.29, 1.82) is 0 Å². The van der Waals surface area contributed by atoms with Gasteiger partial charge >= 0.3 is 0 Å². The van der Waals surface area contributed by atoms with Crippen molar-refractivity contribution in [2.45, 2.75) is 13.5 Å². The number of nitrogens with one attached hydrogen (secondary N) is 1. The molecule has 0 radical (unpaired) electrons. The Hall–Kier alpha value is -1.48. The van der Waals surface area contributed by atoms with Gasteiger partial charge in [-0.15, -0.1) is 0 Å². The Morgan fingerprint density at radius 1 is 1.11 bits per heavy atom. The van der Waals surface area contributed by atoms with Crippen LogP contribution in [0.1, 0.15) is 11.1 Å². The first-order valence-corrected chi connectivity index (χ1v) is 7.12. The molecule has 0 aliphatic heterocycles. The van der Waals surface area contributed by atoms with E-state index in [2.05, 4.69) is 83.6 Å². The van der Waals surface area contributed by atoms with Crippen molar-refractivity contribution in [3.8, 4) is 0 Å². The Morgan fingerprint density at radius 3 is 2.47 bits per heavy atom. The van der Waals surface area contributed by atoms with Crippen molar-refractivity contribution in [3.05, 3.63) is 58.1 Å². The molecule has 0 bridgehead atoms. The Balaban J connectivity index is 2.10. The number of rotatable bonds is 4. The SMILES string of the molecule is Cc1cc(N(C)C)ccc1NCc1ccccc1Br. The molecule has 0 saturated carbocycles. The van der Waals surface area contributed by atoms with E-state index in [9.17, 15) is 0 Å². The topological polar surface area (TPSA) is 15.3 Å². The standard InChI is InChI=1S/C16H19BrN2/c1-12-10-14(19(2)3)8-9-16(12)18-11-13-6-4-5-7-15(13)17/h4-10,18H,11H2,1-3H3. The van der Waals surface area contributed by atoms with Crippen LogP contribution in [0.5, 0.6) is 0 Å². The predicted octanol–water partition coefficient (Wildman–Crippen LogP) is 4.44. The van der Waals surface area contributed by atoms with Gasteiger partial charge in [0.1, 0.15) is 0 Å². The molecule has 2 aromatic rings. The fourth-order valence-corrected chi connectivity index (χ4v) is 2.38. The largest absolute Gasteiger partial charge is 0.381 e. The van der Waals surface area contributed by atoms with E-state index >= 15 is 0 Å². The van der Waals surface area contributed by atoms with E-state index < -0.39 is 0 Å². The molecule has 0 amide bonds. The maximum Gasteiger partial charge on any atom is 0.0412 e. The second-order valence-electron chi connectivity index (χ2n) is 4.84. The molecule has 0 aromatic heterocycles. The van der Waals surface area contributed by atoms with E-state index in [-0.39, 0.29) is 0 Å². The highest BCUT2D eigenvalue weighted by molar-refractivity contribution is 9.10. The Bertz CT molecular complexity index is 564. The zero-order valence-electron chi connectivity index (χ0n) is 11.6. The van der Waals surface area contributed by atoms with Crippen LogP contribution in [-0.2, 0) is 6.54 Å². The molecule has 2 rings (SSSR count). The molecule has 100 valence electrons. The van der Waals surface area contributed by atoms with E-state index in [1.165, 1.54) is 22.5 Å². The first kappa shape index (κ1) is 13.9. The molecule has 0 spiro atoms. The number of hydrogen-bond donors (Lipinski definition) is 1. The summed E-state index contributed by atoms with van der Waals surface area (Å²) in [5.41, 5.74) is 4.93. The van der Waals surface area contributed by atoms with E-state index in [1.807, 2.05) is 6.07 Å². The van der Waals surface area contributed by atoms with Gasteiger partial charge in [0.15, 0.2) is 0 Å². The van der Waals surface area contributed by atoms with Gasteiger partial charge < -0.3 is 10.2 Å². The molecular formula is C16H19BrN2. The molecule has 0 aliphatic carbocycles. The zero-order valence-corrected chi connectivity index (χ0v) is 13.2. The van der Waals surface area contributed by atoms with Crippen molar-refractivity contribution >= 4 is 27.3 Å².